The van der Waals surface area contributed by atoms with E-state index in [0.29, 0.717) is 18.2 Å². The monoisotopic (exact) mass is 308 g/mol. The van der Waals surface area contributed by atoms with Crippen LogP contribution < -0.4 is 9.46 Å². The van der Waals surface area contributed by atoms with E-state index in [-0.39, 0.29) is 4.90 Å². The van der Waals surface area contributed by atoms with Crippen molar-refractivity contribution in [1.29, 1.82) is 0 Å². The Bertz CT molecular complexity index is 699. The molecule has 0 saturated carbocycles. The summed E-state index contributed by atoms with van der Waals surface area (Å²) in [5, 5.41) is 0. The van der Waals surface area contributed by atoms with Crippen molar-refractivity contribution in [3.63, 3.8) is 0 Å². The Balaban J connectivity index is 2.22. The van der Waals surface area contributed by atoms with Crippen molar-refractivity contribution in [3.8, 4) is 5.88 Å². The van der Waals surface area contributed by atoms with Crippen molar-refractivity contribution in [2.75, 3.05) is 18.9 Å². The molecule has 7 heteroatoms. The minimum absolute atomic E-state index is 0.174. The molecule has 0 amide bonds. The Labute approximate surface area is 123 Å². The second-order valence-corrected chi connectivity index (χ2v) is 5.96. The van der Waals surface area contributed by atoms with Gasteiger partial charge in [-0.25, -0.2) is 13.4 Å². The van der Waals surface area contributed by atoms with E-state index in [1.807, 2.05) is 0 Å². The zero-order chi connectivity index (χ0) is 15.3. The molecule has 6 nitrogen and oxygen atoms in total. The molecule has 2 aromatic rings. The summed E-state index contributed by atoms with van der Waals surface area (Å²) in [6.07, 6.45) is 1.40. The molecule has 0 atom stereocenters. The van der Waals surface area contributed by atoms with E-state index in [1.54, 1.807) is 37.4 Å². The van der Waals surface area contributed by atoms with Crippen LogP contribution in [0, 0.1) is 0 Å². The molecule has 0 bridgehead atoms. The van der Waals surface area contributed by atoms with Crippen molar-refractivity contribution in [2.24, 2.45) is 0 Å². The Morgan fingerprint density at radius 1 is 1.19 bits per heavy atom. The third-order valence-corrected chi connectivity index (χ3v) is 4.10. The van der Waals surface area contributed by atoms with E-state index in [0.717, 1.165) is 5.56 Å². The maximum Gasteiger partial charge on any atom is 0.261 e. The summed E-state index contributed by atoms with van der Waals surface area (Å²) in [6, 6.07) is 9.75. The van der Waals surface area contributed by atoms with Crippen LogP contribution in [0.5, 0.6) is 5.88 Å². The number of ether oxygens (including phenoxy) is 2. The summed E-state index contributed by atoms with van der Waals surface area (Å²) >= 11 is 0. The highest BCUT2D eigenvalue weighted by Gasteiger charge is 2.14. The molecule has 0 aliphatic carbocycles. The van der Waals surface area contributed by atoms with Gasteiger partial charge >= 0.3 is 0 Å². The third-order valence-electron chi connectivity index (χ3n) is 2.72. The van der Waals surface area contributed by atoms with E-state index in [4.69, 9.17) is 9.47 Å². The van der Waals surface area contributed by atoms with Crippen molar-refractivity contribution >= 4 is 15.7 Å². The molecular weight excluding hydrogens is 292 g/mol. The van der Waals surface area contributed by atoms with Gasteiger partial charge in [0, 0.05) is 13.2 Å². The molecule has 21 heavy (non-hydrogen) atoms. The standard InChI is InChI=1S/C14H16N2O4S/c1-19-10-11-4-3-5-13(8-11)21(17,18)16-12-6-7-14(20-2)15-9-12/h3-9,16H,10H2,1-2H3. The molecule has 1 heterocycles. The van der Waals surface area contributed by atoms with Crippen LogP contribution in [0.3, 0.4) is 0 Å². The van der Waals surface area contributed by atoms with E-state index < -0.39 is 10.0 Å². The number of benzene rings is 1. The first-order valence-electron chi connectivity index (χ1n) is 6.16. The average Bonchev–Trinajstić information content (AvgIpc) is 2.48. The number of nitrogens with one attached hydrogen (secondary N) is 1. The fourth-order valence-corrected chi connectivity index (χ4v) is 2.86. The minimum Gasteiger partial charge on any atom is -0.481 e. The van der Waals surface area contributed by atoms with Crippen LogP contribution in [0.25, 0.3) is 0 Å². The second-order valence-electron chi connectivity index (χ2n) is 4.28. The van der Waals surface area contributed by atoms with Gasteiger partial charge < -0.3 is 9.47 Å². The maximum absolute atomic E-state index is 12.3. The van der Waals surface area contributed by atoms with Gasteiger partial charge in [-0.2, -0.15) is 0 Å². The van der Waals surface area contributed by atoms with Gasteiger partial charge in [0.1, 0.15) is 0 Å². The highest BCUT2D eigenvalue weighted by molar-refractivity contribution is 7.92. The summed E-state index contributed by atoms with van der Waals surface area (Å²) in [4.78, 5) is 4.13. The highest BCUT2D eigenvalue weighted by atomic mass is 32.2. The van der Waals surface area contributed by atoms with Crippen molar-refractivity contribution in [1.82, 2.24) is 4.98 Å². The lowest BCUT2D eigenvalue weighted by molar-refractivity contribution is 0.184. The Kier molecular flexibility index (Phi) is 4.77. The largest absolute Gasteiger partial charge is 0.481 e. The molecule has 0 aliphatic rings. The molecule has 1 aromatic heterocycles. The van der Waals surface area contributed by atoms with Gasteiger partial charge in [-0.05, 0) is 23.8 Å². The first-order valence-corrected chi connectivity index (χ1v) is 7.64. The van der Waals surface area contributed by atoms with Crippen molar-refractivity contribution in [2.45, 2.75) is 11.5 Å². The third kappa shape index (κ3) is 3.93. The van der Waals surface area contributed by atoms with E-state index in [9.17, 15) is 8.42 Å². The predicted molar refractivity (Wildman–Crippen MR) is 78.8 cm³/mol. The van der Waals surface area contributed by atoms with Gasteiger partial charge in [0.15, 0.2) is 0 Å². The first kappa shape index (κ1) is 15.3. The van der Waals surface area contributed by atoms with E-state index in [1.165, 1.54) is 19.4 Å². The van der Waals surface area contributed by atoms with Gasteiger partial charge in [0.2, 0.25) is 5.88 Å². The van der Waals surface area contributed by atoms with Gasteiger partial charge in [0.25, 0.3) is 10.0 Å². The summed E-state index contributed by atoms with van der Waals surface area (Å²) < 4.78 is 37.0. The van der Waals surface area contributed by atoms with Gasteiger partial charge in [-0.15, -0.1) is 0 Å². The number of anilines is 1. The van der Waals surface area contributed by atoms with Crippen LogP contribution in [-0.4, -0.2) is 27.6 Å². The van der Waals surface area contributed by atoms with E-state index >= 15 is 0 Å². The fraction of sp³-hybridized carbons (Fsp3) is 0.214. The maximum atomic E-state index is 12.3. The number of pyridine rings is 1. The quantitative estimate of drug-likeness (QED) is 0.883. The summed E-state index contributed by atoms with van der Waals surface area (Å²) in [7, 11) is -0.609. The Morgan fingerprint density at radius 3 is 2.62 bits per heavy atom. The van der Waals surface area contributed by atoms with Crippen LogP contribution in [-0.2, 0) is 21.4 Å². The number of rotatable bonds is 6. The molecule has 2 rings (SSSR count). The second kappa shape index (κ2) is 6.55. The minimum atomic E-state index is -3.66. The smallest absolute Gasteiger partial charge is 0.261 e. The molecule has 1 aromatic carbocycles. The average molecular weight is 308 g/mol. The van der Waals surface area contributed by atoms with Gasteiger partial charge in [-0.3, -0.25) is 4.72 Å². The molecule has 112 valence electrons. The zero-order valence-corrected chi connectivity index (χ0v) is 12.6. The highest BCUT2D eigenvalue weighted by Crippen LogP contribution is 2.18. The molecule has 0 saturated heterocycles. The summed E-state index contributed by atoms with van der Waals surface area (Å²) in [5.74, 6) is 0.417. The van der Waals surface area contributed by atoms with E-state index in [2.05, 4.69) is 9.71 Å². The van der Waals surface area contributed by atoms with Crippen LogP contribution in [0.1, 0.15) is 5.56 Å². The number of nitrogens with zero attached hydrogens (tertiary/aromatic N) is 1. The summed E-state index contributed by atoms with van der Waals surface area (Å²) in [6.45, 7) is 0.355. The number of aromatic nitrogens is 1. The Morgan fingerprint density at radius 2 is 2.00 bits per heavy atom. The van der Waals surface area contributed by atoms with Crippen molar-refractivity contribution < 1.29 is 17.9 Å². The van der Waals surface area contributed by atoms with Crippen LogP contribution >= 0.6 is 0 Å². The Hall–Kier alpha value is -2.12. The normalized spacial score (nSPS) is 11.1. The van der Waals surface area contributed by atoms with Gasteiger partial charge in [-0.1, -0.05) is 12.1 Å². The molecule has 1 N–H and O–H groups in total. The fourth-order valence-electron chi connectivity index (χ4n) is 1.74. The molecule has 0 fully saturated rings. The lowest BCUT2D eigenvalue weighted by Crippen LogP contribution is -2.13. The molecule has 0 radical (unpaired) electrons. The lowest BCUT2D eigenvalue weighted by Gasteiger charge is -2.09. The van der Waals surface area contributed by atoms with Crippen LogP contribution in [0.2, 0.25) is 0 Å². The van der Waals surface area contributed by atoms with Crippen LogP contribution in [0.4, 0.5) is 5.69 Å². The molecule has 0 unspecified atom stereocenters. The lowest BCUT2D eigenvalue weighted by atomic mass is 10.2. The van der Waals surface area contributed by atoms with Crippen LogP contribution in [0.15, 0.2) is 47.5 Å². The number of sulfonamides is 1. The number of methoxy groups -OCH3 is 2. The first-order chi connectivity index (χ1) is 10.0. The molecule has 0 spiro atoms. The molecular formula is C14H16N2O4S. The zero-order valence-electron chi connectivity index (χ0n) is 11.7. The predicted octanol–water partition coefficient (Wildman–Crippen LogP) is 2.04. The van der Waals surface area contributed by atoms with Gasteiger partial charge in [0.05, 0.1) is 30.5 Å². The number of hydrogen-bond acceptors (Lipinski definition) is 5. The summed E-state index contributed by atoms with van der Waals surface area (Å²) in [5.41, 5.74) is 1.15. The SMILES string of the molecule is COCc1cccc(S(=O)(=O)Nc2ccc(OC)nc2)c1. The number of hydrogen-bond donors (Lipinski definition) is 1. The van der Waals surface area contributed by atoms with Crippen molar-refractivity contribution in [3.05, 3.63) is 48.2 Å². The topological polar surface area (TPSA) is 77.5 Å². The molecule has 0 aliphatic heterocycles.